The number of carbonyl (C=O) groups excluding carboxylic acids is 3. The van der Waals surface area contributed by atoms with Crippen LogP contribution in [-0.4, -0.2) is 95.5 Å². The monoisotopic (exact) mass is 677 g/mol. The molecule has 15 heteroatoms. The maximum Gasteiger partial charge on any atom is 0.414 e. The first kappa shape index (κ1) is 41.6. The van der Waals surface area contributed by atoms with E-state index in [0.29, 0.717) is 38.9 Å². The van der Waals surface area contributed by atoms with Gasteiger partial charge in [0, 0.05) is 38.8 Å². The van der Waals surface area contributed by atoms with E-state index in [9.17, 15) is 24.0 Å². The molecule has 270 valence electrons. The number of unbranched alkanes of at least 4 members (excludes halogenated alkanes) is 6. The van der Waals surface area contributed by atoms with Gasteiger partial charge >= 0.3 is 30.1 Å². The van der Waals surface area contributed by atoms with E-state index in [-0.39, 0.29) is 12.0 Å². The van der Waals surface area contributed by atoms with Gasteiger partial charge in [-0.2, -0.15) is 0 Å². The summed E-state index contributed by atoms with van der Waals surface area (Å²) < 4.78 is 5.11. The Morgan fingerprint density at radius 2 is 1.38 bits per heavy atom. The highest BCUT2D eigenvalue weighted by Crippen LogP contribution is 2.09. The molecular formula is C33H55N7O8. The molecule has 0 aromatic heterocycles. The third-order valence-corrected chi connectivity index (χ3v) is 6.88. The summed E-state index contributed by atoms with van der Waals surface area (Å²) in [6.45, 7) is 10.3. The zero-order valence-electron chi connectivity index (χ0n) is 28.8. The normalized spacial score (nSPS) is 12.1. The van der Waals surface area contributed by atoms with E-state index in [2.05, 4.69) is 48.6 Å². The number of nitrogens with zero attached hydrogens (tertiary/aromatic N) is 2. The predicted molar refractivity (Wildman–Crippen MR) is 183 cm³/mol. The van der Waals surface area contributed by atoms with Crippen molar-refractivity contribution in [2.75, 3.05) is 32.7 Å². The van der Waals surface area contributed by atoms with Crippen LogP contribution >= 0.6 is 0 Å². The molecule has 1 aromatic carbocycles. The standard InChI is InChI=1S/C33H55N7O8/c1-25(37-30(43)44)18-23-40(24-26-16-10-9-11-17-26)22-15-14-20-35-28(42)27(41)34-19-12-7-5-6-8-13-21-36-29(38-31(45)46)39-32(47)48-33(2,3)4/h9-11,16-17,25,37H,5-8,12-15,18-24H2,1-4H3,(H,34,41)(H,35,42)(H,43,44)(H,45,46)(H2,36,38,39,47). The van der Waals surface area contributed by atoms with Crippen LogP contribution in [0.25, 0.3) is 0 Å². The molecule has 1 atom stereocenters. The van der Waals surface area contributed by atoms with E-state index in [1.165, 1.54) is 5.56 Å². The Kier molecular flexibility index (Phi) is 20.7. The lowest BCUT2D eigenvalue weighted by Crippen LogP contribution is -2.45. The quantitative estimate of drug-likeness (QED) is 0.0459. The summed E-state index contributed by atoms with van der Waals surface area (Å²) in [7, 11) is 0. The van der Waals surface area contributed by atoms with Gasteiger partial charge in [-0.1, -0.05) is 56.0 Å². The number of benzene rings is 1. The van der Waals surface area contributed by atoms with Gasteiger partial charge in [0.15, 0.2) is 0 Å². The first-order valence-corrected chi connectivity index (χ1v) is 16.6. The van der Waals surface area contributed by atoms with Crippen LogP contribution in [0.15, 0.2) is 35.3 Å². The molecule has 0 saturated heterocycles. The molecule has 48 heavy (non-hydrogen) atoms. The molecular weight excluding hydrogens is 622 g/mol. The highest BCUT2D eigenvalue weighted by molar-refractivity contribution is 6.35. The number of nitrogens with one attached hydrogen (secondary N) is 5. The van der Waals surface area contributed by atoms with Crippen molar-refractivity contribution in [1.29, 1.82) is 0 Å². The molecule has 0 radical (unpaired) electrons. The molecule has 0 spiro atoms. The van der Waals surface area contributed by atoms with Gasteiger partial charge in [0.25, 0.3) is 0 Å². The van der Waals surface area contributed by atoms with Crippen molar-refractivity contribution in [2.45, 2.75) is 104 Å². The third-order valence-electron chi connectivity index (χ3n) is 6.88. The summed E-state index contributed by atoms with van der Waals surface area (Å²) in [5.41, 5.74) is 0.440. The summed E-state index contributed by atoms with van der Waals surface area (Å²) in [6, 6.07) is 9.88. The lowest BCUT2D eigenvalue weighted by Gasteiger charge is -2.24. The molecule has 0 aliphatic heterocycles. The van der Waals surface area contributed by atoms with Crippen LogP contribution in [0.1, 0.15) is 91.0 Å². The van der Waals surface area contributed by atoms with E-state index in [4.69, 9.17) is 14.9 Å². The number of carbonyl (C=O) groups is 5. The molecule has 1 unspecified atom stereocenters. The second kappa shape index (κ2) is 23.8. The van der Waals surface area contributed by atoms with Crippen LogP contribution in [0, 0.1) is 0 Å². The number of aliphatic imine (C=N–C) groups is 1. The minimum atomic E-state index is -1.34. The number of carboxylic acid groups (broad SMARTS) is 2. The minimum absolute atomic E-state index is 0.161. The van der Waals surface area contributed by atoms with Crippen molar-refractivity contribution in [3.8, 4) is 0 Å². The van der Waals surface area contributed by atoms with Gasteiger partial charge in [-0.15, -0.1) is 0 Å². The molecule has 0 fully saturated rings. The van der Waals surface area contributed by atoms with Crippen LogP contribution in [0.2, 0.25) is 0 Å². The number of hydrogen-bond donors (Lipinski definition) is 7. The zero-order valence-corrected chi connectivity index (χ0v) is 28.8. The van der Waals surface area contributed by atoms with Crippen molar-refractivity contribution in [2.24, 2.45) is 4.99 Å². The van der Waals surface area contributed by atoms with E-state index < -0.39 is 35.7 Å². The lowest BCUT2D eigenvalue weighted by molar-refractivity contribution is -0.139. The second-order valence-corrected chi connectivity index (χ2v) is 12.5. The molecule has 0 aliphatic carbocycles. The fourth-order valence-electron chi connectivity index (χ4n) is 4.54. The van der Waals surface area contributed by atoms with Crippen LogP contribution in [0.3, 0.4) is 0 Å². The van der Waals surface area contributed by atoms with Gasteiger partial charge < -0.3 is 30.9 Å². The Balaban J connectivity index is 2.20. The smallest absolute Gasteiger partial charge is 0.414 e. The van der Waals surface area contributed by atoms with Crippen molar-refractivity contribution in [1.82, 2.24) is 31.5 Å². The van der Waals surface area contributed by atoms with Gasteiger partial charge in [0.05, 0.1) is 0 Å². The fourth-order valence-corrected chi connectivity index (χ4v) is 4.54. The Hall–Kier alpha value is -4.40. The molecule has 0 bridgehead atoms. The number of guanidine groups is 1. The number of rotatable bonds is 20. The van der Waals surface area contributed by atoms with Crippen LogP contribution in [0.5, 0.6) is 0 Å². The molecule has 15 nitrogen and oxygen atoms in total. The molecule has 1 aromatic rings. The first-order valence-electron chi connectivity index (χ1n) is 16.6. The summed E-state index contributed by atoms with van der Waals surface area (Å²) in [5.74, 6) is -1.48. The average molecular weight is 678 g/mol. The van der Waals surface area contributed by atoms with E-state index in [1.54, 1.807) is 20.8 Å². The van der Waals surface area contributed by atoms with E-state index >= 15 is 0 Å². The van der Waals surface area contributed by atoms with Crippen LogP contribution < -0.4 is 26.6 Å². The minimum Gasteiger partial charge on any atom is -0.465 e. The SMILES string of the molecule is CC(CCN(CCCCNC(=O)C(=O)NCCCCCCCCN=C(NC(=O)O)NC(=O)OC(C)(C)C)Cc1ccccc1)NC(=O)O. The fraction of sp³-hybridized carbons (Fsp3) is 0.636. The van der Waals surface area contributed by atoms with Gasteiger partial charge in [0.2, 0.25) is 5.96 Å². The molecule has 0 aliphatic rings. The molecule has 5 amide bonds. The van der Waals surface area contributed by atoms with Crippen molar-refractivity contribution < 1.29 is 38.9 Å². The number of amides is 5. The summed E-state index contributed by atoms with van der Waals surface area (Å²) in [6.07, 6.45) is 4.04. The van der Waals surface area contributed by atoms with Crippen LogP contribution in [0.4, 0.5) is 14.4 Å². The maximum atomic E-state index is 12.2. The second-order valence-electron chi connectivity index (χ2n) is 12.5. The highest BCUT2D eigenvalue weighted by atomic mass is 16.6. The summed E-state index contributed by atoms with van der Waals surface area (Å²) in [5, 5.41) is 30.1. The average Bonchev–Trinajstić information content (AvgIpc) is 2.99. The number of alkyl carbamates (subject to hydrolysis) is 1. The van der Waals surface area contributed by atoms with Crippen molar-refractivity contribution >= 4 is 36.1 Å². The van der Waals surface area contributed by atoms with Crippen molar-refractivity contribution in [3.63, 3.8) is 0 Å². The summed E-state index contributed by atoms with van der Waals surface area (Å²) >= 11 is 0. The molecule has 0 saturated carbocycles. The first-order chi connectivity index (χ1) is 22.7. The van der Waals surface area contributed by atoms with E-state index in [0.717, 1.165) is 58.2 Å². The largest absolute Gasteiger partial charge is 0.465 e. The van der Waals surface area contributed by atoms with Crippen LogP contribution in [-0.2, 0) is 20.9 Å². The third kappa shape index (κ3) is 23.0. The number of ether oxygens (including phenoxy) is 1. The maximum absolute atomic E-state index is 12.2. The highest BCUT2D eigenvalue weighted by Gasteiger charge is 2.18. The van der Waals surface area contributed by atoms with Gasteiger partial charge in [-0.05, 0) is 71.9 Å². The predicted octanol–water partition coefficient (Wildman–Crippen LogP) is 4.04. The van der Waals surface area contributed by atoms with Crippen molar-refractivity contribution in [3.05, 3.63) is 35.9 Å². The number of hydrogen-bond acceptors (Lipinski definition) is 8. The molecule has 1 rings (SSSR count). The van der Waals surface area contributed by atoms with Gasteiger partial charge in [-0.3, -0.25) is 30.1 Å². The lowest BCUT2D eigenvalue weighted by atomic mass is 10.1. The topological polar surface area (TPSA) is 211 Å². The Bertz CT molecular complexity index is 1160. The molecule has 0 heterocycles. The van der Waals surface area contributed by atoms with E-state index in [1.807, 2.05) is 25.1 Å². The Morgan fingerprint density at radius 3 is 1.96 bits per heavy atom. The Morgan fingerprint density at radius 1 is 0.792 bits per heavy atom. The van der Waals surface area contributed by atoms with Gasteiger partial charge in [0.1, 0.15) is 5.60 Å². The van der Waals surface area contributed by atoms with Gasteiger partial charge in [-0.25, -0.2) is 14.4 Å². The summed E-state index contributed by atoms with van der Waals surface area (Å²) in [4.78, 5) is 64.4. The molecule has 7 N–H and O–H groups in total. The zero-order chi connectivity index (χ0) is 35.8. The Labute approximate surface area is 283 Å².